The second kappa shape index (κ2) is 7.06. The second-order valence-corrected chi connectivity index (χ2v) is 12.5. The van der Waals surface area contributed by atoms with Crippen LogP contribution in [0.1, 0.15) is 39.2 Å². The van der Waals surface area contributed by atoms with Gasteiger partial charge in [0, 0.05) is 0 Å². The van der Waals surface area contributed by atoms with Crippen molar-refractivity contribution in [1.82, 2.24) is 0 Å². The van der Waals surface area contributed by atoms with Crippen LogP contribution in [-0.2, 0) is 4.43 Å². The van der Waals surface area contributed by atoms with E-state index in [0.717, 1.165) is 25.2 Å². The third-order valence-corrected chi connectivity index (χ3v) is 9.59. The largest absolute Gasteiger partial charge is 0.497 e. The molecule has 0 bridgehead atoms. The molecule has 2 rings (SSSR count). The SMILES string of the molecule is COc1ccc(C2=CCC/C2=C\CO[Si](C)(C)C(C)(C)C)cc1. The van der Waals surface area contributed by atoms with Crippen LogP contribution < -0.4 is 4.74 Å². The summed E-state index contributed by atoms with van der Waals surface area (Å²) in [7, 11) is 0.0307. The molecule has 126 valence electrons. The minimum Gasteiger partial charge on any atom is -0.497 e. The van der Waals surface area contributed by atoms with E-state index in [4.69, 9.17) is 9.16 Å². The molecular weight excluding hydrogens is 300 g/mol. The highest BCUT2D eigenvalue weighted by atomic mass is 28.4. The van der Waals surface area contributed by atoms with Gasteiger partial charge in [0.25, 0.3) is 0 Å². The molecule has 1 aromatic carbocycles. The number of hydrogen-bond donors (Lipinski definition) is 0. The van der Waals surface area contributed by atoms with Gasteiger partial charge in [0.15, 0.2) is 8.32 Å². The summed E-state index contributed by atoms with van der Waals surface area (Å²) in [6.45, 7) is 12.2. The molecule has 3 heteroatoms. The quantitative estimate of drug-likeness (QED) is 0.633. The normalized spacial score (nSPS) is 17.5. The van der Waals surface area contributed by atoms with Crippen LogP contribution in [0.25, 0.3) is 5.57 Å². The molecule has 0 saturated heterocycles. The molecule has 0 heterocycles. The maximum Gasteiger partial charge on any atom is 0.192 e. The first-order valence-electron chi connectivity index (χ1n) is 8.42. The van der Waals surface area contributed by atoms with E-state index >= 15 is 0 Å². The van der Waals surface area contributed by atoms with E-state index in [1.165, 1.54) is 16.7 Å². The minimum absolute atomic E-state index is 0.260. The highest BCUT2D eigenvalue weighted by Gasteiger charge is 2.36. The van der Waals surface area contributed by atoms with Crippen molar-refractivity contribution >= 4 is 13.9 Å². The Balaban J connectivity index is 2.06. The fourth-order valence-corrected chi connectivity index (χ4v) is 3.42. The lowest BCUT2D eigenvalue weighted by Gasteiger charge is -2.35. The lowest BCUT2D eigenvalue weighted by Crippen LogP contribution is -2.40. The van der Waals surface area contributed by atoms with E-state index in [2.05, 4.69) is 58.2 Å². The zero-order valence-corrected chi connectivity index (χ0v) is 16.4. The molecule has 1 aliphatic rings. The van der Waals surface area contributed by atoms with Gasteiger partial charge in [0.1, 0.15) is 5.75 Å². The van der Waals surface area contributed by atoms with Crippen molar-refractivity contribution in [3.05, 3.63) is 47.6 Å². The Morgan fingerprint density at radius 3 is 2.35 bits per heavy atom. The Morgan fingerprint density at radius 2 is 1.78 bits per heavy atom. The zero-order chi connectivity index (χ0) is 17.1. The number of benzene rings is 1. The average Bonchev–Trinajstić information content (AvgIpc) is 2.94. The van der Waals surface area contributed by atoms with Crippen LogP contribution in [0, 0.1) is 0 Å². The topological polar surface area (TPSA) is 18.5 Å². The van der Waals surface area contributed by atoms with Gasteiger partial charge in [-0.05, 0) is 59.8 Å². The lowest BCUT2D eigenvalue weighted by atomic mass is 10.0. The summed E-state index contributed by atoms with van der Waals surface area (Å²) in [6, 6.07) is 8.33. The van der Waals surface area contributed by atoms with Crippen LogP contribution in [-0.4, -0.2) is 22.0 Å². The molecule has 0 spiro atoms. The zero-order valence-electron chi connectivity index (χ0n) is 15.4. The van der Waals surface area contributed by atoms with Gasteiger partial charge >= 0.3 is 0 Å². The van der Waals surface area contributed by atoms with Gasteiger partial charge in [-0.3, -0.25) is 0 Å². The van der Waals surface area contributed by atoms with Crippen LogP contribution in [0.5, 0.6) is 5.75 Å². The molecule has 23 heavy (non-hydrogen) atoms. The second-order valence-electron chi connectivity index (χ2n) is 7.69. The first kappa shape index (κ1) is 18.0. The summed E-state index contributed by atoms with van der Waals surface area (Å²) in [5, 5.41) is 0.260. The van der Waals surface area contributed by atoms with Crippen molar-refractivity contribution in [3.63, 3.8) is 0 Å². The Hall–Kier alpha value is -1.32. The van der Waals surface area contributed by atoms with Crippen LogP contribution in [0.15, 0.2) is 42.0 Å². The van der Waals surface area contributed by atoms with Gasteiger partial charge in [-0.2, -0.15) is 0 Å². The molecule has 0 N–H and O–H groups in total. The van der Waals surface area contributed by atoms with Gasteiger partial charge in [0.2, 0.25) is 0 Å². The maximum absolute atomic E-state index is 6.29. The highest BCUT2D eigenvalue weighted by molar-refractivity contribution is 6.74. The van der Waals surface area contributed by atoms with Crippen LogP contribution in [0.3, 0.4) is 0 Å². The summed E-state index contributed by atoms with van der Waals surface area (Å²) < 4.78 is 11.5. The van der Waals surface area contributed by atoms with E-state index in [1.807, 2.05) is 12.1 Å². The van der Waals surface area contributed by atoms with Crippen molar-refractivity contribution in [3.8, 4) is 5.75 Å². The molecule has 0 aliphatic heterocycles. The maximum atomic E-state index is 6.29. The van der Waals surface area contributed by atoms with Gasteiger partial charge in [-0.1, -0.05) is 45.1 Å². The van der Waals surface area contributed by atoms with E-state index in [9.17, 15) is 0 Å². The van der Waals surface area contributed by atoms with Crippen molar-refractivity contribution in [1.29, 1.82) is 0 Å². The summed E-state index contributed by atoms with van der Waals surface area (Å²) in [4.78, 5) is 0. The molecule has 0 aromatic heterocycles. The number of rotatable bonds is 5. The number of methoxy groups -OCH3 is 1. The van der Waals surface area contributed by atoms with E-state index < -0.39 is 8.32 Å². The standard InChI is InChI=1S/C20H30O2Si/c1-20(2,3)23(5,6)22-15-14-16-8-7-9-19(16)17-10-12-18(21-4)13-11-17/h9-14H,7-8,15H2,1-6H3/b16-14+. The van der Waals surface area contributed by atoms with Crippen LogP contribution in [0.2, 0.25) is 18.1 Å². The Morgan fingerprint density at radius 1 is 1.13 bits per heavy atom. The minimum atomic E-state index is -1.67. The van der Waals surface area contributed by atoms with Crippen molar-refractivity contribution in [2.75, 3.05) is 13.7 Å². The van der Waals surface area contributed by atoms with E-state index in [1.54, 1.807) is 7.11 Å². The fourth-order valence-electron chi connectivity index (χ4n) is 2.49. The van der Waals surface area contributed by atoms with E-state index in [0.29, 0.717) is 0 Å². The van der Waals surface area contributed by atoms with Gasteiger partial charge in [-0.25, -0.2) is 0 Å². The molecule has 0 saturated carbocycles. The Bertz CT molecular complexity index is 589. The summed E-state index contributed by atoms with van der Waals surface area (Å²) in [5.74, 6) is 0.902. The first-order chi connectivity index (χ1) is 10.7. The number of allylic oxidation sites excluding steroid dienone is 3. The van der Waals surface area contributed by atoms with Gasteiger partial charge in [-0.15, -0.1) is 0 Å². The predicted molar refractivity (Wildman–Crippen MR) is 101 cm³/mol. The van der Waals surface area contributed by atoms with Crippen molar-refractivity contribution in [2.24, 2.45) is 0 Å². The highest BCUT2D eigenvalue weighted by Crippen LogP contribution is 2.37. The molecule has 0 amide bonds. The number of hydrogen-bond acceptors (Lipinski definition) is 2. The summed E-state index contributed by atoms with van der Waals surface area (Å²) in [6.07, 6.45) is 6.85. The van der Waals surface area contributed by atoms with Crippen molar-refractivity contribution in [2.45, 2.75) is 51.7 Å². The smallest absolute Gasteiger partial charge is 0.192 e. The van der Waals surface area contributed by atoms with Crippen molar-refractivity contribution < 1.29 is 9.16 Å². The average molecular weight is 331 g/mol. The van der Waals surface area contributed by atoms with Crippen LogP contribution in [0.4, 0.5) is 0 Å². The van der Waals surface area contributed by atoms with Gasteiger partial charge in [0.05, 0.1) is 13.7 Å². The van der Waals surface area contributed by atoms with Crippen LogP contribution >= 0.6 is 0 Å². The molecule has 0 atom stereocenters. The fraction of sp³-hybridized carbons (Fsp3) is 0.500. The molecular formula is C20H30O2Si. The molecule has 0 fully saturated rings. The third kappa shape index (κ3) is 4.36. The Labute approximate surface area is 142 Å². The molecule has 0 unspecified atom stereocenters. The Kier molecular flexibility index (Phi) is 5.53. The first-order valence-corrected chi connectivity index (χ1v) is 11.3. The molecule has 1 aliphatic carbocycles. The van der Waals surface area contributed by atoms with Gasteiger partial charge < -0.3 is 9.16 Å². The summed E-state index contributed by atoms with van der Waals surface area (Å²) >= 11 is 0. The summed E-state index contributed by atoms with van der Waals surface area (Å²) in [5.41, 5.74) is 4.03. The monoisotopic (exact) mass is 330 g/mol. The molecule has 2 nitrogen and oxygen atoms in total. The molecule has 1 aromatic rings. The third-order valence-electron chi connectivity index (χ3n) is 5.09. The van der Waals surface area contributed by atoms with E-state index in [-0.39, 0.29) is 5.04 Å². The molecule has 0 radical (unpaired) electrons. The lowest BCUT2D eigenvalue weighted by molar-refractivity contribution is 0.327. The number of ether oxygens (including phenoxy) is 1. The predicted octanol–water partition coefficient (Wildman–Crippen LogP) is 5.82.